The highest BCUT2D eigenvalue weighted by Crippen LogP contribution is 2.36. The molecule has 1 atom stereocenters. The topological polar surface area (TPSA) is 86.7 Å². The predicted octanol–water partition coefficient (Wildman–Crippen LogP) is 3.61. The molecule has 0 fully saturated rings. The molecule has 2 aromatic rings. The third-order valence-electron chi connectivity index (χ3n) is 4.34. The van der Waals surface area contributed by atoms with Crippen molar-refractivity contribution in [2.45, 2.75) is 33.1 Å². The maximum atomic E-state index is 12.0. The van der Waals surface area contributed by atoms with Crippen molar-refractivity contribution in [1.29, 1.82) is 0 Å². The van der Waals surface area contributed by atoms with E-state index in [1.165, 1.54) is 13.8 Å². The summed E-state index contributed by atoms with van der Waals surface area (Å²) in [5.74, 6) is -0.278. The van der Waals surface area contributed by atoms with E-state index in [9.17, 15) is 16.8 Å². The highest BCUT2D eigenvalue weighted by atomic mass is 32.2. The molecule has 2 aromatic carbocycles. The average molecular weight is 427 g/mol. The molecule has 0 saturated heterocycles. The lowest BCUT2D eigenvalue weighted by atomic mass is 9.87. The van der Waals surface area contributed by atoms with Crippen LogP contribution in [-0.2, 0) is 24.4 Å². The van der Waals surface area contributed by atoms with Crippen LogP contribution in [0.3, 0.4) is 0 Å². The van der Waals surface area contributed by atoms with Crippen LogP contribution in [0.15, 0.2) is 48.5 Å². The molecule has 0 heterocycles. The fourth-order valence-corrected chi connectivity index (χ4v) is 3.84. The van der Waals surface area contributed by atoms with E-state index in [4.69, 9.17) is 8.37 Å². The molecule has 6 nitrogen and oxygen atoms in total. The number of hydrogen-bond donors (Lipinski definition) is 0. The van der Waals surface area contributed by atoms with Gasteiger partial charge in [0.15, 0.2) is 0 Å². The van der Waals surface area contributed by atoms with Crippen LogP contribution in [-0.4, -0.2) is 34.9 Å². The molecule has 0 aliphatic carbocycles. The lowest BCUT2D eigenvalue weighted by Gasteiger charge is -2.21. The molecule has 0 amide bonds. The predicted molar refractivity (Wildman–Crippen MR) is 110 cm³/mol. The molecule has 0 spiro atoms. The summed E-state index contributed by atoms with van der Waals surface area (Å²) in [5, 5.41) is 0. The Morgan fingerprint density at radius 1 is 0.893 bits per heavy atom. The summed E-state index contributed by atoms with van der Waals surface area (Å²) in [7, 11) is -7.26. The van der Waals surface area contributed by atoms with E-state index in [2.05, 4.69) is 0 Å². The Kier molecular flexibility index (Phi) is 7.63. The molecule has 0 aliphatic rings. The van der Waals surface area contributed by atoms with Crippen molar-refractivity contribution in [2.75, 3.05) is 18.1 Å². The summed E-state index contributed by atoms with van der Waals surface area (Å²) in [6.45, 7) is 4.93. The van der Waals surface area contributed by atoms with Crippen LogP contribution in [0.5, 0.6) is 5.75 Å². The molecule has 8 heteroatoms. The first-order chi connectivity index (χ1) is 13.2. The molecular formula is C20H26O6S2. The van der Waals surface area contributed by atoms with Crippen molar-refractivity contribution in [3.63, 3.8) is 0 Å². The first-order valence-electron chi connectivity index (χ1n) is 9.12. The number of benzene rings is 2. The first kappa shape index (κ1) is 22.4. The molecule has 28 heavy (non-hydrogen) atoms. The Hall–Kier alpha value is -1.90. The van der Waals surface area contributed by atoms with Crippen LogP contribution < -0.4 is 4.18 Å². The van der Waals surface area contributed by atoms with Gasteiger partial charge in [-0.1, -0.05) is 48.0 Å². The Morgan fingerprint density at radius 3 is 2.14 bits per heavy atom. The second-order valence-electron chi connectivity index (χ2n) is 6.39. The zero-order valence-electron chi connectivity index (χ0n) is 16.3. The van der Waals surface area contributed by atoms with Crippen molar-refractivity contribution in [3.05, 3.63) is 65.2 Å². The van der Waals surface area contributed by atoms with E-state index < -0.39 is 20.2 Å². The zero-order chi connectivity index (χ0) is 20.8. The van der Waals surface area contributed by atoms with Gasteiger partial charge in [-0.05, 0) is 38.8 Å². The number of hydrogen-bond acceptors (Lipinski definition) is 6. The molecule has 2 rings (SSSR count). The van der Waals surface area contributed by atoms with E-state index in [0.29, 0.717) is 12.0 Å². The highest BCUT2D eigenvalue weighted by Gasteiger charge is 2.22. The van der Waals surface area contributed by atoms with E-state index in [0.717, 1.165) is 11.1 Å². The van der Waals surface area contributed by atoms with Crippen LogP contribution in [0.2, 0.25) is 0 Å². The van der Waals surface area contributed by atoms with E-state index in [-0.39, 0.29) is 29.8 Å². The van der Waals surface area contributed by atoms with Crippen LogP contribution in [0.25, 0.3) is 0 Å². The van der Waals surface area contributed by atoms with Gasteiger partial charge in [-0.15, -0.1) is 0 Å². The molecule has 0 saturated carbocycles. The fraction of sp³-hybridized carbons (Fsp3) is 0.400. The summed E-state index contributed by atoms with van der Waals surface area (Å²) < 4.78 is 57.8. The molecule has 0 bridgehead atoms. The lowest BCUT2D eigenvalue weighted by molar-refractivity contribution is 0.306. The van der Waals surface area contributed by atoms with Gasteiger partial charge in [0.25, 0.3) is 10.1 Å². The van der Waals surface area contributed by atoms with Gasteiger partial charge in [-0.25, -0.2) is 0 Å². The van der Waals surface area contributed by atoms with Gasteiger partial charge < -0.3 is 4.18 Å². The van der Waals surface area contributed by atoms with Crippen molar-refractivity contribution < 1.29 is 25.2 Å². The minimum Gasteiger partial charge on any atom is -0.382 e. The van der Waals surface area contributed by atoms with Crippen molar-refractivity contribution >= 4 is 20.2 Å². The monoisotopic (exact) mass is 426 g/mol. The van der Waals surface area contributed by atoms with E-state index in [1.54, 1.807) is 12.1 Å². The minimum absolute atomic E-state index is 0.0103. The Bertz CT molecular complexity index is 983. The SMILES string of the molecule is CCS(=O)(=O)OCCC(c1ccccc1)c1cc(C)ccc1OS(=O)(=O)CC. The van der Waals surface area contributed by atoms with Gasteiger partial charge >= 0.3 is 10.1 Å². The van der Waals surface area contributed by atoms with Crippen LogP contribution in [0.1, 0.15) is 42.9 Å². The van der Waals surface area contributed by atoms with Gasteiger partial charge in [-0.3, -0.25) is 4.18 Å². The average Bonchev–Trinajstić information content (AvgIpc) is 2.67. The fourth-order valence-electron chi connectivity index (χ4n) is 2.78. The van der Waals surface area contributed by atoms with Crippen molar-refractivity contribution in [1.82, 2.24) is 0 Å². The Labute approximate surface area is 167 Å². The van der Waals surface area contributed by atoms with Gasteiger partial charge in [-0.2, -0.15) is 16.8 Å². The highest BCUT2D eigenvalue weighted by molar-refractivity contribution is 7.87. The van der Waals surface area contributed by atoms with Gasteiger partial charge in [0, 0.05) is 11.5 Å². The van der Waals surface area contributed by atoms with E-state index in [1.807, 2.05) is 43.3 Å². The Morgan fingerprint density at radius 2 is 1.54 bits per heavy atom. The number of rotatable bonds is 10. The smallest absolute Gasteiger partial charge is 0.308 e. The number of aryl methyl sites for hydroxylation is 1. The largest absolute Gasteiger partial charge is 0.382 e. The van der Waals surface area contributed by atoms with Crippen LogP contribution in [0, 0.1) is 6.92 Å². The normalized spacial score (nSPS) is 13.2. The van der Waals surface area contributed by atoms with Gasteiger partial charge in [0.05, 0.1) is 18.1 Å². The molecule has 0 radical (unpaired) electrons. The summed E-state index contributed by atoms with van der Waals surface area (Å²) in [6, 6.07) is 14.8. The summed E-state index contributed by atoms with van der Waals surface area (Å²) in [4.78, 5) is 0. The van der Waals surface area contributed by atoms with Crippen LogP contribution in [0.4, 0.5) is 0 Å². The maximum absolute atomic E-state index is 12.0. The second kappa shape index (κ2) is 9.54. The summed E-state index contributed by atoms with van der Waals surface area (Å²) in [6.07, 6.45) is 0.356. The molecule has 1 unspecified atom stereocenters. The molecule has 154 valence electrons. The van der Waals surface area contributed by atoms with Crippen molar-refractivity contribution in [3.8, 4) is 5.75 Å². The third kappa shape index (κ3) is 6.32. The quantitative estimate of drug-likeness (QED) is 0.540. The van der Waals surface area contributed by atoms with Gasteiger partial charge in [0.1, 0.15) is 5.75 Å². The minimum atomic E-state index is -3.70. The Balaban J connectivity index is 2.44. The zero-order valence-corrected chi connectivity index (χ0v) is 17.9. The molecule has 0 N–H and O–H groups in total. The molecule has 0 aliphatic heterocycles. The van der Waals surface area contributed by atoms with Gasteiger partial charge in [0.2, 0.25) is 0 Å². The van der Waals surface area contributed by atoms with Crippen LogP contribution >= 0.6 is 0 Å². The summed E-state index contributed by atoms with van der Waals surface area (Å²) in [5.41, 5.74) is 2.55. The maximum Gasteiger partial charge on any atom is 0.308 e. The van der Waals surface area contributed by atoms with Crippen molar-refractivity contribution in [2.24, 2.45) is 0 Å². The standard InChI is InChI=1S/C20H26O6S2/c1-4-27(21,22)25-14-13-18(17-9-7-6-8-10-17)19-15-16(3)11-12-20(19)26-28(23,24)5-2/h6-12,15,18H,4-5,13-14H2,1-3H3. The molecular weight excluding hydrogens is 400 g/mol. The first-order valence-corrected chi connectivity index (χ1v) is 12.3. The van der Waals surface area contributed by atoms with E-state index >= 15 is 0 Å². The lowest BCUT2D eigenvalue weighted by Crippen LogP contribution is -2.16. The summed E-state index contributed by atoms with van der Waals surface area (Å²) >= 11 is 0. The second-order valence-corrected chi connectivity index (χ2v) is 10.2. The third-order valence-corrected chi connectivity index (χ3v) is 6.71. The molecule has 0 aromatic heterocycles.